The maximum Gasteiger partial charge on any atom is 0.317 e. The van der Waals surface area contributed by atoms with E-state index in [1.165, 1.54) is 18.6 Å². The fourth-order valence-corrected chi connectivity index (χ4v) is 2.93. The van der Waals surface area contributed by atoms with E-state index in [-0.39, 0.29) is 11.8 Å². The van der Waals surface area contributed by atoms with Crippen LogP contribution in [0.25, 0.3) is 11.5 Å². The Morgan fingerprint density at radius 3 is 2.96 bits per heavy atom. The summed E-state index contributed by atoms with van der Waals surface area (Å²) in [7, 11) is 0. The number of piperidine rings is 1. The van der Waals surface area contributed by atoms with Crippen molar-refractivity contribution < 1.29 is 13.6 Å². The SMILES string of the molecule is CC1CCCN(C(=O)NCCc2coc(-c3ccc(F)cc3)n2)C1. The first-order valence-electron chi connectivity index (χ1n) is 8.35. The van der Waals surface area contributed by atoms with Crippen LogP contribution >= 0.6 is 0 Å². The Bertz CT molecular complexity index is 684. The summed E-state index contributed by atoms with van der Waals surface area (Å²) >= 11 is 0. The minimum absolute atomic E-state index is 0.0104. The molecule has 0 saturated carbocycles. The number of likely N-dealkylation sites (tertiary alicyclic amines) is 1. The molecule has 1 aliphatic heterocycles. The van der Waals surface area contributed by atoms with E-state index in [0.29, 0.717) is 24.8 Å². The van der Waals surface area contributed by atoms with E-state index >= 15 is 0 Å². The number of urea groups is 1. The zero-order valence-corrected chi connectivity index (χ0v) is 13.8. The van der Waals surface area contributed by atoms with Gasteiger partial charge in [0, 0.05) is 31.6 Å². The van der Waals surface area contributed by atoms with Crippen molar-refractivity contribution in [1.82, 2.24) is 15.2 Å². The van der Waals surface area contributed by atoms with Gasteiger partial charge < -0.3 is 14.6 Å². The molecular weight excluding hydrogens is 309 g/mol. The molecule has 1 aliphatic rings. The van der Waals surface area contributed by atoms with Crippen LogP contribution in [0.5, 0.6) is 0 Å². The number of benzene rings is 1. The molecule has 3 rings (SSSR count). The van der Waals surface area contributed by atoms with Gasteiger partial charge in [-0.05, 0) is 43.0 Å². The first-order valence-corrected chi connectivity index (χ1v) is 8.35. The van der Waals surface area contributed by atoms with Gasteiger partial charge in [-0.15, -0.1) is 0 Å². The average Bonchev–Trinajstić information content (AvgIpc) is 3.04. The Labute approximate surface area is 140 Å². The van der Waals surface area contributed by atoms with Gasteiger partial charge in [-0.1, -0.05) is 6.92 Å². The summed E-state index contributed by atoms with van der Waals surface area (Å²) < 4.78 is 18.4. The summed E-state index contributed by atoms with van der Waals surface area (Å²) in [5.74, 6) is 0.736. The number of halogens is 1. The van der Waals surface area contributed by atoms with Crippen LogP contribution in [0.4, 0.5) is 9.18 Å². The Hall–Kier alpha value is -2.37. The predicted molar refractivity (Wildman–Crippen MR) is 89.0 cm³/mol. The highest BCUT2D eigenvalue weighted by Crippen LogP contribution is 2.19. The van der Waals surface area contributed by atoms with Crippen molar-refractivity contribution in [2.45, 2.75) is 26.2 Å². The molecule has 6 heteroatoms. The van der Waals surface area contributed by atoms with Gasteiger partial charge in [-0.2, -0.15) is 0 Å². The molecule has 1 unspecified atom stereocenters. The molecule has 128 valence electrons. The number of aromatic nitrogens is 1. The average molecular weight is 331 g/mol. The number of rotatable bonds is 4. The Morgan fingerprint density at radius 1 is 1.42 bits per heavy atom. The van der Waals surface area contributed by atoms with Crippen LogP contribution in [0.3, 0.4) is 0 Å². The lowest BCUT2D eigenvalue weighted by atomic mass is 10.0. The molecule has 2 amide bonds. The van der Waals surface area contributed by atoms with Gasteiger partial charge in [0.25, 0.3) is 0 Å². The summed E-state index contributed by atoms with van der Waals surface area (Å²) in [6, 6.07) is 6.00. The van der Waals surface area contributed by atoms with Crippen molar-refractivity contribution in [1.29, 1.82) is 0 Å². The summed E-state index contributed by atoms with van der Waals surface area (Å²) in [5, 5.41) is 2.93. The van der Waals surface area contributed by atoms with E-state index in [1.807, 2.05) is 4.90 Å². The van der Waals surface area contributed by atoms with E-state index in [0.717, 1.165) is 30.8 Å². The molecule has 1 fully saturated rings. The molecule has 0 bridgehead atoms. The van der Waals surface area contributed by atoms with E-state index in [4.69, 9.17) is 4.42 Å². The molecule has 1 saturated heterocycles. The summed E-state index contributed by atoms with van der Waals surface area (Å²) in [4.78, 5) is 18.4. The van der Waals surface area contributed by atoms with Crippen molar-refractivity contribution in [3.05, 3.63) is 42.0 Å². The molecule has 0 radical (unpaired) electrons. The number of nitrogens with one attached hydrogen (secondary N) is 1. The van der Waals surface area contributed by atoms with Crippen molar-refractivity contribution in [3.8, 4) is 11.5 Å². The second-order valence-corrected chi connectivity index (χ2v) is 6.33. The smallest absolute Gasteiger partial charge is 0.317 e. The van der Waals surface area contributed by atoms with Crippen molar-refractivity contribution in [2.75, 3.05) is 19.6 Å². The quantitative estimate of drug-likeness (QED) is 0.933. The molecule has 5 nitrogen and oxygen atoms in total. The third kappa shape index (κ3) is 4.13. The lowest BCUT2D eigenvalue weighted by Gasteiger charge is -2.30. The topological polar surface area (TPSA) is 58.4 Å². The number of amides is 2. The maximum atomic E-state index is 12.9. The Kier molecular flexibility index (Phi) is 5.13. The molecule has 1 aromatic heterocycles. The fraction of sp³-hybridized carbons (Fsp3) is 0.444. The Balaban J connectivity index is 1.49. The second kappa shape index (κ2) is 7.47. The number of carbonyl (C=O) groups is 1. The third-order valence-corrected chi connectivity index (χ3v) is 4.24. The van der Waals surface area contributed by atoms with Crippen molar-refractivity contribution >= 4 is 6.03 Å². The molecule has 1 atom stereocenters. The van der Waals surface area contributed by atoms with Gasteiger partial charge in [-0.3, -0.25) is 0 Å². The fourth-order valence-electron chi connectivity index (χ4n) is 2.93. The minimum atomic E-state index is -0.291. The van der Waals surface area contributed by atoms with Crippen molar-refractivity contribution in [2.24, 2.45) is 5.92 Å². The summed E-state index contributed by atoms with van der Waals surface area (Å²) in [6.07, 6.45) is 4.43. The number of oxazole rings is 1. The number of nitrogens with zero attached hydrogens (tertiary/aromatic N) is 2. The van der Waals surface area contributed by atoms with Crippen LogP contribution < -0.4 is 5.32 Å². The highest BCUT2D eigenvalue weighted by atomic mass is 19.1. The number of hydrogen-bond acceptors (Lipinski definition) is 3. The van der Waals surface area contributed by atoms with Gasteiger partial charge in [-0.25, -0.2) is 14.2 Å². The van der Waals surface area contributed by atoms with Gasteiger partial charge >= 0.3 is 6.03 Å². The predicted octanol–water partition coefficient (Wildman–Crippen LogP) is 3.46. The zero-order valence-electron chi connectivity index (χ0n) is 13.8. The van der Waals surface area contributed by atoms with Gasteiger partial charge in [0.2, 0.25) is 5.89 Å². The number of carbonyl (C=O) groups excluding carboxylic acids is 1. The van der Waals surface area contributed by atoms with Crippen LogP contribution in [0.2, 0.25) is 0 Å². The van der Waals surface area contributed by atoms with Crippen molar-refractivity contribution in [3.63, 3.8) is 0 Å². The normalized spacial score (nSPS) is 17.8. The largest absolute Gasteiger partial charge is 0.444 e. The first kappa shape index (κ1) is 16.5. The van der Waals surface area contributed by atoms with E-state index in [2.05, 4.69) is 17.2 Å². The highest BCUT2D eigenvalue weighted by Gasteiger charge is 2.20. The lowest BCUT2D eigenvalue weighted by molar-refractivity contribution is 0.170. The number of hydrogen-bond donors (Lipinski definition) is 1. The molecule has 1 aromatic carbocycles. The standard InChI is InChI=1S/C18H22FN3O2/c1-13-3-2-10-22(11-13)18(23)20-9-8-16-12-24-17(21-16)14-4-6-15(19)7-5-14/h4-7,12-13H,2-3,8-11H2,1H3,(H,20,23). The monoisotopic (exact) mass is 331 g/mol. The molecule has 2 heterocycles. The molecule has 1 N–H and O–H groups in total. The molecule has 24 heavy (non-hydrogen) atoms. The van der Waals surface area contributed by atoms with Crippen LogP contribution in [0.1, 0.15) is 25.5 Å². The third-order valence-electron chi connectivity index (χ3n) is 4.24. The Morgan fingerprint density at radius 2 is 2.21 bits per heavy atom. The summed E-state index contributed by atoms with van der Waals surface area (Å²) in [6.45, 7) is 4.34. The van der Waals surface area contributed by atoms with Crippen LogP contribution in [-0.4, -0.2) is 35.5 Å². The van der Waals surface area contributed by atoms with Crippen LogP contribution in [0.15, 0.2) is 34.9 Å². The lowest BCUT2D eigenvalue weighted by Crippen LogP contribution is -2.45. The van der Waals surface area contributed by atoms with E-state index in [9.17, 15) is 9.18 Å². The first-order chi connectivity index (χ1) is 11.6. The highest BCUT2D eigenvalue weighted by molar-refractivity contribution is 5.74. The van der Waals surface area contributed by atoms with E-state index in [1.54, 1.807) is 18.4 Å². The zero-order chi connectivity index (χ0) is 16.9. The molecule has 0 aliphatic carbocycles. The summed E-state index contributed by atoms with van der Waals surface area (Å²) in [5.41, 5.74) is 1.50. The van der Waals surface area contributed by atoms with Crippen LogP contribution in [0, 0.1) is 11.7 Å². The van der Waals surface area contributed by atoms with Crippen LogP contribution in [-0.2, 0) is 6.42 Å². The minimum Gasteiger partial charge on any atom is -0.444 e. The molecule has 2 aromatic rings. The van der Waals surface area contributed by atoms with Gasteiger partial charge in [0.15, 0.2) is 0 Å². The second-order valence-electron chi connectivity index (χ2n) is 6.33. The van der Waals surface area contributed by atoms with Gasteiger partial charge in [0.1, 0.15) is 12.1 Å². The molecule has 0 spiro atoms. The van der Waals surface area contributed by atoms with E-state index < -0.39 is 0 Å². The van der Waals surface area contributed by atoms with Gasteiger partial charge in [0.05, 0.1) is 5.69 Å². The molecular formula is C18H22FN3O2. The maximum absolute atomic E-state index is 12.9.